The third-order valence-corrected chi connectivity index (χ3v) is 4.77. The second-order valence-electron chi connectivity index (χ2n) is 6.08. The number of hydrogen-bond donors (Lipinski definition) is 0. The van der Waals surface area contributed by atoms with Gasteiger partial charge in [-0.15, -0.1) is 0 Å². The Balaban J connectivity index is 1.90. The Kier molecular flexibility index (Phi) is 1.99. The number of para-hydroxylation sites is 2. The number of nitrogens with zero attached hydrogens (tertiary/aromatic N) is 4. The number of benzene rings is 2. The largest absolute Gasteiger partial charge is 0.454 e. The van der Waals surface area contributed by atoms with Crippen LogP contribution in [0.2, 0.25) is 0 Å². The van der Waals surface area contributed by atoms with Gasteiger partial charge < -0.3 is 8.98 Å². The van der Waals surface area contributed by atoms with Gasteiger partial charge in [0, 0.05) is 24.7 Å². The lowest BCUT2D eigenvalue weighted by molar-refractivity contribution is 0.668. The van der Waals surface area contributed by atoms with Crippen molar-refractivity contribution in [1.29, 1.82) is 0 Å². The summed E-state index contributed by atoms with van der Waals surface area (Å²) in [6.45, 7) is 0. The van der Waals surface area contributed by atoms with Crippen molar-refractivity contribution >= 4 is 49.9 Å². The second kappa shape index (κ2) is 3.94. The highest BCUT2D eigenvalue weighted by Gasteiger charge is 2.17. The van der Waals surface area contributed by atoms with Crippen molar-refractivity contribution in [2.75, 3.05) is 0 Å². The van der Waals surface area contributed by atoms with Crippen LogP contribution in [0.25, 0.3) is 49.9 Å². The SMILES string of the molecule is Cn1c2cc3c(cc2n2c4ccccc4nc12)oc1cccnc13. The summed E-state index contributed by atoms with van der Waals surface area (Å²) in [5.74, 6) is 0.927. The van der Waals surface area contributed by atoms with E-state index in [1.807, 2.05) is 37.4 Å². The van der Waals surface area contributed by atoms with Crippen LogP contribution in [-0.4, -0.2) is 18.9 Å². The zero-order valence-electron chi connectivity index (χ0n) is 12.9. The van der Waals surface area contributed by atoms with Crippen LogP contribution in [0.3, 0.4) is 0 Å². The van der Waals surface area contributed by atoms with Gasteiger partial charge in [-0.05, 0) is 30.3 Å². The highest BCUT2D eigenvalue weighted by atomic mass is 16.3. The lowest BCUT2D eigenvalue weighted by Gasteiger charge is -1.96. The van der Waals surface area contributed by atoms with Crippen LogP contribution in [0.1, 0.15) is 0 Å². The summed E-state index contributed by atoms with van der Waals surface area (Å²) in [7, 11) is 2.05. The molecule has 0 aliphatic heterocycles. The number of furan rings is 1. The first kappa shape index (κ1) is 12.1. The minimum Gasteiger partial charge on any atom is -0.454 e. The highest BCUT2D eigenvalue weighted by molar-refractivity contribution is 6.08. The number of rotatable bonds is 0. The number of aromatic nitrogens is 4. The molecule has 0 bridgehead atoms. The van der Waals surface area contributed by atoms with E-state index in [1.54, 1.807) is 6.20 Å². The number of pyridine rings is 1. The van der Waals surface area contributed by atoms with Gasteiger partial charge in [-0.2, -0.15) is 0 Å². The van der Waals surface area contributed by atoms with E-state index in [-0.39, 0.29) is 0 Å². The maximum atomic E-state index is 6.00. The third kappa shape index (κ3) is 1.31. The zero-order valence-corrected chi connectivity index (χ0v) is 12.9. The normalized spacial score (nSPS) is 12.4. The summed E-state index contributed by atoms with van der Waals surface area (Å²) >= 11 is 0. The van der Waals surface area contributed by atoms with Gasteiger partial charge in [0.25, 0.3) is 0 Å². The number of imidazole rings is 2. The molecule has 0 N–H and O–H groups in total. The maximum Gasteiger partial charge on any atom is 0.215 e. The van der Waals surface area contributed by atoms with Crippen LogP contribution in [-0.2, 0) is 7.05 Å². The summed E-state index contributed by atoms with van der Waals surface area (Å²) in [5, 5.41) is 1.03. The molecule has 4 aromatic heterocycles. The van der Waals surface area contributed by atoms with E-state index < -0.39 is 0 Å². The molecule has 114 valence electrons. The topological polar surface area (TPSA) is 48.3 Å². The molecule has 0 spiro atoms. The van der Waals surface area contributed by atoms with E-state index in [2.05, 4.69) is 32.2 Å². The van der Waals surface area contributed by atoms with Gasteiger partial charge in [-0.25, -0.2) is 4.98 Å². The first-order valence-corrected chi connectivity index (χ1v) is 7.84. The molecule has 0 saturated heterocycles. The van der Waals surface area contributed by atoms with Crippen molar-refractivity contribution in [3.8, 4) is 0 Å². The van der Waals surface area contributed by atoms with Gasteiger partial charge in [0.05, 0.1) is 22.1 Å². The summed E-state index contributed by atoms with van der Waals surface area (Å²) in [5.41, 5.74) is 6.87. The van der Waals surface area contributed by atoms with Crippen LogP contribution >= 0.6 is 0 Å². The standard InChI is InChI=1S/C19H12N4O/c1-22-14-9-11-17(24-16-7-4-8-20-18(11)16)10-15(14)23-13-6-3-2-5-12(13)21-19(22)23/h2-10H,1H3. The predicted molar refractivity (Wildman–Crippen MR) is 94.2 cm³/mol. The smallest absolute Gasteiger partial charge is 0.215 e. The summed E-state index contributed by atoms with van der Waals surface area (Å²) in [4.78, 5) is 9.24. The van der Waals surface area contributed by atoms with Crippen molar-refractivity contribution in [3.05, 3.63) is 54.7 Å². The molecular formula is C19H12N4O. The predicted octanol–water partition coefficient (Wildman–Crippen LogP) is 4.27. The average molecular weight is 312 g/mol. The fourth-order valence-electron chi connectivity index (χ4n) is 3.65. The van der Waals surface area contributed by atoms with Gasteiger partial charge in [-0.1, -0.05) is 12.1 Å². The maximum absolute atomic E-state index is 6.00. The number of fused-ring (bicyclic) bond motifs is 8. The van der Waals surface area contributed by atoms with Crippen LogP contribution in [0.5, 0.6) is 0 Å². The van der Waals surface area contributed by atoms with Crippen LogP contribution in [0, 0.1) is 0 Å². The Hall–Kier alpha value is -3.34. The summed E-state index contributed by atoms with van der Waals surface area (Å²) in [6, 6.07) is 16.3. The zero-order chi connectivity index (χ0) is 15.8. The van der Waals surface area contributed by atoms with E-state index in [4.69, 9.17) is 9.40 Å². The van der Waals surface area contributed by atoms with Gasteiger partial charge in [0.1, 0.15) is 11.1 Å². The Morgan fingerprint density at radius 1 is 0.917 bits per heavy atom. The van der Waals surface area contributed by atoms with E-state index in [0.717, 1.165) is 49.9 Å². The molecule has 0 saturated carbocycles. The van der Waals surface area contributed by atoms with Crippen molar-refractivity contribution in [1.82, 2.24) is 18.9 Å². The van der Waals surface area contributed by atoms with E-state index in [9.17, 15) is 0 Å². The van der Waals surface area contributed by atoms with Crippen molar-refractivity contribution < 1.29 is 4.42 Å². The molecule has 2 aromatic carbocycles. The monoisotopic (exact) mass is 312 g/mol. The summed E-state index contributed by atoms with van der Waals surface area (Å²) < 4.78 is 10.3. The van der Waals surface area contributed by atoms with Gasteiger partial charge in [-0.3, -0.25) is 9.38 Å². The molecule has 0 aliphatic carbocycles. The molecular weight excluding hydrogens is 300 g/mol. The van der Waals surface area contributed by atoms with E-state index in [1.165, 1.54) is 0 Å². The van der Waals surface area contributed by atoms with E-state index in [0.29, 0.717) is 0 Å². The van der Waals surface area contributed by atoms with E-state index >= 15 is 0 Å². The van der Waals surface area contributed by atoms with Crippen molar-refractivity contribution in [2.24, 2.45) is 7.05 Å². The Bertz CT molecular complexity index is 1420. The quantitative estimate of drug-likeness (QED) is 0.421. The molecule has 6 aromatic rings. The Morgan fingerprint density at radius 3 is 2.79 bits per heavy atom. The van der Waals surface area contributed by atoms with Gasteiger partial charge >= 0.3 is 0 Å². The number of aryl methyl sites for hydroxylation is 1. The minimum absolute atomic E-state index is 0.814. The Labute approximate surface area is 135 Å². The number of hydrogen-bond acceptors (Lipinski definition) is 3. The third-order valence-electron chi connectivity index (χ3n) is 4.77. The molecule has 0 radical (unpaired) electrons. The fraction of sp³-hybridized carbons (Fsp3) is 0.0526. The first-order chi connectivity index (χ1) is 11.8. The molecule has 5 heteroatoms. The lowest BCUT2D eigenvalue weighted by atomic mass is 10.2. The first-order valence-electron chi connectivity index (χ1n) is 7.84. The minimum atomic E-state index is 0.814. The molecule has 6 rings (SSSR count). The highest BCUT2D eigenvalue weighted by Crippen LogP contribution is 2.33. The molecule has 5 nitrogen and oxygen atoms in total. The molecule has 0 fully saturated rings. The van der Waals surface area contributed by atoms with Crippen molar-refractivity contribution in [3.63, 3.8) is 0 Å². The Morgan fingerprint density at radius 2 is 1.83 bits per heavy atom. The van der Waals surface area contributed by atoms with Gasteiger partial charge in [0.2, 0.25) is 5.78 Å². The molecule has 4 heterocycles. The molecule has 0 amide bonds. The van der Waals surface area contributed by atoms with Crippen molar-refractivity contribution in [2.45, 2.75) is 0 Å². The second-order valence-corrected chi connectivity index (χ2v) is 6.08. The molecule has 0 aliphatic rings. The van der Waals surface area contributed by atoms with Gasteiger partial charge in [0.15, 0.2) is 5.58 Å². The van der Waals surface area contributed by atoms with Crippen LogP contribution in [0.15, 0.2) is 59.1 Å². The fourth-order valence-corrected chi connectivity index (χ4v) is 3.65. The molecule has 0 atom stereocenters. The summed E-state index contributed by atoms with van der Waals surface area (Å²) in [6.07, 6.45) is 1.80. The molecule has 24 heavy (non-hydrogen) atoms. The van der Waals surface area contributed by atoms with Crippen LogP contribution < -0.4 is 0 Å². The average Bonchev–Trinajstić information content (AvgIpc) is 3.24. The molecule has 0 unspecified atom stereocenters. The van der Waals surface area contributed by atoms with Crippen LogP contribution in [0.4, 0.5) is 0 Å². The lowest BCUT2D eigenvalue weighted by Crippen LogP contribution is -1.87.